The van der Waals surface area contributed by atoms with E-state index in [0.29, 0.717) is 12.1 Å². The molecular weight excluding hydrogens is 236 g/mol. The Hall–Kier alpha value is -1.55. The van der Waals surface area contributed by atoms with E-state index in [2.05, 4.69) is 28.9 Å². The van der Waals surface area contributed by atoms with Gasteiger partial charge in [0, 0.05) is 18.6 Å². The predicted molar refractivity (Wildman–Crippen MR) is 79.3 cm³/mol. The molecule has 0 radical (unpaired) electrons. The summed E-state index contributed by atoms with van der Waals surface area (Å²) in [7, 11) is 0. The number of benzene rings is 1. The molecule has 0 saturated heterocycles. The molecule has 1 saturated carbocycles. The summed E-state index contributed by atoms with van der Waals surface area (Å²) in [6.07, 6.45) is 4.60. The number of nitrogens with zero attached hydrogens (tertiary/aromatic N) is 2. The molecule has 0 amide bonds. The molecule has 0 bridgehead atoms. The van der Waals surface area contributed by atoms with Gasteiger partial charge in [0.05, 0.1) is 11.0 Å². The molecule has 3 N–H and O–H groups in total. The van der Waals surface area contributed by atoms with Gasteiger partial charge in [0.1, 0.15) is 0 Å². The maximum atomic E-state index is 6.00. The van der Waals surface area contributed by atoms with Crippen LogP contribution in [-0.2, 0) is 0 Å². The smallest absolute Gasteiger partial charge is 0.204 e. The zero-order chi connectivity index (χ0) is 13.2. The number of nitrogens with two attached hydrogens (primary N) is 1. The molecule has 0 spiro atoms. The SMILES string of the molecule is CCN(c1nc2ccccc2[nH]1)C1CCC(N)CC1. The highest BCUT2D eigenvalue weighted by Crippen LogP contribution is 2.26. The Morgan fingerprint density at radius 1 is 1.26 bits per heavy atom. The number of anilines is 1. The van der Waals surface area contributed by atoms with E-state index in [4.69, 9.17) is 10.7 Å². The molecule has 102 valence electrons. The van der Waals surface area contributed by atoms with E-state index in [1.165, 1.54) is 12.8 Å². The first-order chi connectivity index (χ1) is 9.28. The zero-order valence-electron chi connectivity index (χ0n) is 11.5. The van der Waals surface area contributed by atoms with Crippen molar-refractivity contribution in [3.63, 3.8) is 0 Å². The normalized spacial score (nSPS) is 23.7. The number of aromatic nitrogens is 2. The third kappa shape index (κ3) is 2.45. The van der Waals surface area contributed by atoms with Crippen LogP contribution in [0.4, 0.5) is 5.95 Å². The van der Waals surface area contributed by atoms with Crippen LogP contribution in [0.2, 0.25) is 0 Å². The highest BCUT2D eigenvalue weighted by molar-refractivity contribution is 5.77. The molecule has 1 aromatic heterocycles. The van der Waals surface area contributed by atoms with Gasteiger partial charge >= 0.3 is 0 Å². The molecule has 3 rings (SSSR count). The molecule has 0 atom stereocenters. The minimum Gasteiger partial charge on any atom is -0.340 e. The Kier molecular flexibility index (Phi) is 3.42. The predicted octanol–water partition coefficient (Wildman–Crippen LogP) is 2.66. The minimum atomic E-state index is 0.394. The molecule has 1 aliphatic carbocycles. The second kappa shape index (κ2) is 5.21. The van der Waals surface area contributed by atoms with Gasteiger partial charge in [-0.15, -0.1) is 0 Å². The van der Waals surface area contributed by atoms with Crippen LogP contribution in [0.5, 0.6) is 0 Å². The molecule has 1 fully saturated rings. The van der Waals surface area contributed by atoms with Gasteiger partial charge in [-0.1, -0.05) is 12.1 Å². The summed E-state index contributed by atoms with van der Waals surface area (Å²) in [4.78, 5) is 10.6. The van der Waals surface area contributed by atoms with Crippen molar-refractivity contribution in [2.45, 2.75) is 44.7 Å². The number of aromatic amines is 1. The van der Waals surface area contributed by atoms with Crippen LogP contribution < -0.4 is 10.6 Å². The molecule has 0 aliphatic heterocycles. The van der Waals surface area contributed by atoms with Crippen molar-refractivity contribution < 1.29 is 0 Å². The summed E-state index contributed by atoms with van der Waals surface area (Å²) in [6, 6.07) is 9.18. The fourth-order valence-electron chi connectivity index (χ4n) is 3.07. The van der Waals surface area contributed by atoms with Crippen molar-refractivity contribution in [2.75, 3.05) is 11.4 Å². The van der Waals surface area contributed by atoms with Gasteiger partial charge in [-0.2, -0.15) is 0 Å². The Morgan fingerprint density at radius 2 is 2.00 bits per heavy atom. The first-order valence-electron chi connectivity index (χ1n) is 7.25. The lowest BCUT2D eigenvalue weighted by Gasteiger charge is -2.35. The van der Waals surface area contributed by atoms with E-state index in [1.54, 1.807) is 0 Å². The average molecular weight is 258 g/mol. The molecule has 1 heterocycles. The third-order valence-corrected chi connectivity index (χ3v) is 4.17. The fourth-order valence-corrected chi connectivity index (χ4v) is 3.07. The van der Waals surface area contributed by atoms with Crippen LogP contribution >= 0.6 is 0 Å². The van der Waals surface area contributed by atoms with E-state index < -0.39 is 0 Å². The Labute approximate surface area is 114 Å². The van der Waals surface area contributed by atoms with Gasteiger partial charge in [0.2, 0.25) is 5.95 Å². The maximum Gasteiger partial charge on any atom is 0.204 e. The second-order valence-electron chi connectivity index (χ2n) is 5.43. The van der Waals surface area contributed by atoms with Gasteiger partial charge in [-0.3, -0.25) is 0 Å². The van der Waals surface area contributed by atoms with Crippen molar-refractivity contribution in [3.05, 3.63) is 24.3 Å². The summed E-state index contributed by atoms with van der Waals surface area (Å²) in [5.74, 6) is 1.00. The minimum absolute atomic E-state index is 0.394. The monoisotopic (exact) mass is 258 g/mol. The number of rotatable bonds is 3. The first kappa shape index (κ1) is 12.5. The second-order valence-corrected chi connectivity index (χ2v) is 5.43. The quantitative estimate of drug-likeness (QED) is 0.890. The topological polar surface area (TPSA) is 57.9 Å². The lowest BCUT2D eigenvalue weighted by Crippen LogP contribution is -2.41. The van der Waals surface area contributed by atoms with Gasteiger partial charge in [0.25, 0.3) is 0 Å². The third-order valence-electron chi connectivity index (χ3n) is 4.17. The van der Waals surface area contributed by atoms with Crippen LogP contribution in [0, 0.1) is 0 Å². The van der Waals surface area contributed by atoms with Crippen molar-refractivity contribution in [1.29, 1.82) is 0 Å². The van der Waals surface area contributed by atoms with Crippen molar-refractivity contribution in [3.8, 4) is 0 Å². The fraction of sp³-hybridized carbons (Fsp3) is 0.533. The van der Waals surface area contributed by atoms with Gasteiger partial charge in [-0.25, -0.2) is 4.98 Å². The lowest BCUT2D eigenvalue weighted by atomic mass is 9.91. The van der Waals surface area contributed by atoms with Gasteiger partial charge in [0.15, 0.2) is 0 Å². The molecule has 2 aromatic rings. The van der Waals surface area contributed by atoms with Gasteiger partial charge < -0.3 is 15.6 Å². The van der Waals surface area contributed by atoms with Crippen molar-refractivity contribution in [2.24, 2.45) is 5.73 Å². The largest absolute Gasteiger partial charge is 0.340 e. The zero-order valence-corrected chi connectivity index (χ0v) is 11.5. The highest BCUT2D eigenvalue weighted by atomic mass is 15.3. The highest BCUT2D eigenvalue weighted by Gasteiger charge is 2.25. The van der Waals surface area contributed by atoms with E-state index in [1.807, 2.05) is 12.1 Å². The maximum absolute atomic E-state index is 6.00. The standard InChI is InChI=1S/C15H22N4/c1-2-19(12-9-7-11(16)8-10-12)15-17-13-5-3-4-6-14(13)18-15/h3-6,11-12H,2,7-10,16H2,1H3,(H,17,18). The Morgan fingerprint density at radius 3 is 2.68 bits per heavy atom. The van der Waals surface area contributed by atoms with Crippen LogP contribution in [-0.4, -0.2) is 28.6 Å². The summed E-state index contributed by atoms with van der Waals surface area (Å²) in [5, 5.41) is 0. The molecule has 1 aromatic carbocycles. The number of hydrogen-bond donors (Lipinski definition) is 2. The number of hydrogen-bond acceptors (Lipinski definition) is 3. The van der Waals surface area contributed by atoms with Crippen LogP contribution in [0.25, 0.3) is 11.0 Å². The van der Waals surface area contributed by atoms with E-state index in [-0.39, 0.29) is 0 Å². The van der Waals surface area contributed by atoms with E-state index in [9.17, 15) is 0 Å². The summed E-state index contributed by atoms with van der Waals surface area (Å²) < 4.78 is 0. The summed E-state index contributed by atoms with van der Waals surface area (Å²) >= 11 is 0. The number of nitrogens with one attached hydrogen (secondary N) is 1. The number of H-pyrrole nitrogens is 1. The lowest BCUT2D eigenvalue weighted by molar-refractivity contribution is 0.376. The van der Waals surface area contributed by atoms with Crippen LogP contribution in [0.3, 0.4) is 0 Å². The summed E-state index contributed by atoms with van der Waals surface area (Å²) in [6.45, 7) is 3.18. The van der Waals surface area contributed by atoms with Crippen molar-refractivity contribution in [1.82, 2.24) is 9.97 Å². The van der Waals surface area contributed by atoms with Crippen LogP contribution in [0.1, 0.15) is 32.6 Å². The molecular formula is C15H22N4. The number of imidazole rings is 1. The number of para-hydroxylation sites is 2. The first-order valence-corrected chi connectivity index (χ1v) is 7.25. The Balaban J connectivity index is 1.85. The van der Waals surface area contributed by atoms with E-state index >= 15 is 0 Å². The molecule has 4 heteroatoms. The molecule has 19 heavy (non-hydrogen) atoms. The van der Waals surface area contributed by atoms with Crippen LogP contribution in [0.15, 0.2) is 24.3 Å². The Bertz CT molecular complexity index is 507. The number of fused-ring (bicyclic) bond motifs is 1. The average Bonchev–Trinajstić information content (AvgIpc) is 2.85. The molecule has 0 unspecified atom stereocenters. The van der Waals surface area contributed by atoms with Gasteiger partial charge in [-0.05, 0) is 44.7 Å². The summed E-state index contributed by atoms with van der Waals surface area (Å²) in [5.41, 5.74) is 8.16. The molecule has 4 nitrogen and oxygen atoms in total. The van der Waals surface area contributed by atoms with Crippen molar-refractivity contribution >= 4 is 17.0 Å². The molecule has 1 aliphatic rings. The van der Waals surface area contributed by atoms with E-state index in [0.717, 1.165) is 36.4 Å².